The van der Waals surface area contributed by atoms with E-state index in [1.807, 2.05) is 4.90 Å². The average Bonchev–Trinajstić information content (AvgIpc) is 3.24. The van der Waals surface area contributed by atoms with E-state index in [9.17, 15) is 14.0 Å². The Bertz CT molecular complexity index is 669. The maximum Gasteiger partial charge on any atom is 0.254 e. The number of amides is 2. The highest BCUT2D eigenvalue weighted by atomic mass is 19.1. The molecular formula is C20H25FN2O2. The van der Waals surface area contributed by atoms with E-state index in [0.29, 0.717) is 44.1 Å². The van der Waals surface area contributed by atoms with E-state index in [-0.39, 0.29) is 11.8 Å². The second-order valence-electron chi connectivity index (χ2n) is 7.82. The van der Waals surface area contributed by atoms with Crippen molar-refractivity contribution in [1.29, 1.82) is 0 Å². The van der Waals surface area contributed by atoms with Gasteiger partial charge in [-0.1, -0.05) is 12.5 Å². The molecular weight excluding hydrogens is 319 g/mol. The van der Waals surface area contributed by atoms with Crippen LogP contribution in [-0.2, 0) is 4.79 Å². The van der Waals surface area contributed by atoms with Crippen molar-refractivity contribution in [2.45, 2.75) is 32.1 Å². The lowest BCUT2D eigenvalue weighted by atomic mass is 9.86. The second kappa shape index (κ2) is 6.77. The third kappa shape index (κ3) is 3.42. The van der Waals surface area contributed by atoms with E-state index in [0.717, 1.165) is 11.8 Å². The molecule has 3 aliphatic rings. The van der Waals surface area contributed by atoms with E-state index in [4.69, 9.17) is 0 Å². The normalized spacial score (nSPS) is 28.4. The number of halogens is 1. The van der Waals surface area contributed by atoms with Gasteiger partial charge in [0.1, 0.15) is 5.82 Å². The number of piperazine rings is 1. The zero-order valence-corrected chi connectivity index (χ0v) is 14.5. The number of benzene rings is 1. The van der Waals surface area contributed by atoms with E-state index in [1.165, 1.54) is 37.8 Å². The van der Waals surface area contributed by atoms with Gasteiger partial charge < -0.3 is 9.80 Å². The third-order valence-corrected chi connectivity index (χ3v) is 6.31. The van der Waals surface area contributed by atoms with Crippen molar-refractivity contribution < 1.29 is 14.0 Å². The van der Waals surface area contributed by atoms with Gasteiger partial charge in [0, 0.05) is 38.2 Å². The standard InChI is InChI=1S/C20H25FN2O2/c21-18-3-1-2-16(12-18)20(25)23-8-6-22(7-9-23)19(24)13-17-11-14-4-5-15(17)10-14/h1-3,12,14-15,17H,4-11,13H2/t14-,15-,17-/m0/s1. The van der Waals surface area contributed by atoms with Crippen LogP contribution in [0.5, 0.6) is 0 Å². The van der Waals surface area contributed by atoms with E-state index >= 15 is 0 Å². The number of carbonyl (C=O) groups is 2. The summed E-state index contributed by atoms with van der Waals surface area (Å²) in [6.45, 7) is 2.22. The third-order valence-electron chi connectivity index (χ3n) is 6.31. The van der Waals surface area contributed by atoms with Crippen LogP contribution >= 0.6 is 0 Å². The van der Waals surface area contributed by atoms with Gasteiger partial charge in [-0.3, -0.25) is 9.59 Å². The summed E-state index contributed by atoms with van der Waals surface area (Å²) in [5, 5.41) is 0. The summed E-state index contributed by atoms with van der Waals surface area (Å²) in [5.74, 6) is 1.91. The highest BCUT2D eigenvalue weighted by Gasteiger charge is 2.40. The number of hydrogen-bond donors (Lipinski definition) is 0. The molecule has 4 nitrogen and oxygen atoms in total. The smallest absolute Gasteiger partial charge is 0.254 e. The molecule has 0 spiro atoms. The first-order valence-electron chi connectivity index (χ1n) is 9.43. The zero-order chi connectivity index (χ0) is 17.4. The molecule has 3 fully saturated rings. The van der Waals surface area contributed by atoms with Gasteiger partial charge in [0.15, 0.2) is 0 Å². The van der Waals surface area contributed by atoms with E-state index in [1.54, 1.807) is 17.0 Å². The van der Waals surface area contributed by atoms with Gasteiger partial charge in [-0.05, 0) is 55.2 Å². The zero-order valence-electron chi connectivity index (χ0n) is 14.5. The van der Waals surface area contributed by atoms with Gasteiger partial charge in [0.2, 0.25) is 5.91 Å². The van der Waals surface area contributed by atoms with Gasteiger partial charge in [0.05, 0.1) is 0 Å². The summed E-state index contributed by atoms with van der Waals surface area (Å²) in [7, 11) is 0. The van der Waals surface area contributed by atoms with Crippen LogP contribution in [0, 0.1) is 23.6 Å². The predicted molar refractivity (Wildman–Crippen MR) is 92.4 cm³/mol. The summed E-state index contributed by atoms with van der Waals surface area (Å²) < 4.78 is 13.3. The summed E-state index contributed by atoms with van der Waals surface area (Å²) in [5.41, 5.74) is 0.377. The molecule has 3 atom stereocenters. The van der Waals surface area contributed by atoms with Gasteiger partial charge >= 0.3 is 0 Å². The molecule has 25 heavy (non-hydrogen) atoms. The largest absolute Gasteiger partial charge is 0.339 e. The van der Waals surface area contributed by atoms with Crippen LogP contribution in [0.2, 0.25) is 0 Å². The fraction of sp³-hybridized carbons (Fsp3) is 0.600. The second-order valence-corrected chi connectivity index (χ2v) is 7.82. The van der Waals surface area contributed by atoms with Crippen molar-refractivity contribution in [2.24, 2.45) is 17.8 Å². The van der Waals surface area contributed by atoms with Gasteiger partial charge in [-0.15, -0.1) is 0 Å². The Labute approximate surface area is 148 Å². The Morgan fingerprint density at radius 1 is 1.04 bits per heavy atom. The molecule has 2 amide bonds. The molecule has 4 rings (SSSR count). The molecule has 1 heterocycles. The topological polar surface area (TPSA) is 40.6 Å². The maximum atomic E-state index is 13.3. The van der Waals surface area contributed by atoms with Crippen LogP contribution in [0.15, 0.2) is 24.3 Å². The Kier molecular flexibility index (Phi) is 4.48. The van der Waals surface area contributed by atoms with Crippen molar-refractivity contribution in [2.75, 3.05) is 26.2 Å². The van der Waals surface area contributed by atoms with Crippen molar-refractivity contribution in [3.05, 3.63) is 35.6 Å². The summed E-state index contributed by atoms with van der Waals surface area (Å²) in [6.07, 6.45) is 5.90. The summed E-state index contributed by atoms with van der Waals surface area (Å²) >= 11 is 0. The average molecular weight is 344 g/mol. The minimum Gasteiger partial charge on any atom is -0.339 e. The monoisotopic (exact) mass is 344 g/mol. The highest BCUT2D eigenvalue weighted by molar-refractivity contribution is 5.94. The first-order chi connectivity index (χ1) is 12.1. The first-order valence-corrected chi connectivity index (χ1v) is 9.43. The molecule has 2 saturated carbocycles. The SMILES string of the molecule is O=C(C[C@@H]1C[C@H]2CC[C@H]1C2)N1CCN(C(=O)c2cccc(F)c2)CC1. The Morgan fingerprint density at radius 3 is 2.44 bits per heavy atom. The van der Waals surface area contributed by atoms with Crippen LogP contribution in [-0.4, -0.2) is 47.8 Å². The first kappa shape index (κ1) is 16.6. The van der Waals surface area contributed by atoms with Crippen LogP contribution in [0.1, 0.15) is 42.5 Å². The number of fused-ring (bicyclic) bond motifs is 2. The van der Waals surface area contributed by atoms with Gasteiger partial charge in [-0.25, -0.2) is 4.39 Å². The minimum atomic E-state index is -0.398. The number of hydrogen-bond acceptors (Lipinski definition) is 2. The number of nitrogens with zero attached hydrogens (tertiary/aromatic N) is 2. The fourth-order valence-corrected chi connectivity index (χ4v) is 4.94. The summed E-state index contributed by atoms with van der Waals surface area (Å²) in [6, 6.07) is 5.80. The lowest BCUT2D eigenvalue weighted by Crippen LogP contribution is -2.51. The molecule has 1 saturated heterocycles. The molecule has 0 unspecified atom stereocenters. The fourth-order valence-electron chi connectivity index (χ4n) is 4.94. The van der Waals surface area contributed by atoms with Crippen LogP contribution in [0.25, 0.3) is 0 Å². The lowest BCUT2D eigenvalue weighted by Gasteiger charge is -2.35. The summed E-state index contributed by atoms with van der Waals surface area (Å²) in [4.78, 5) is 28.7. The highest BCUT2D eigenvalue weighted by Crippen LogP contribution is 2.49. The molecule has 0 aromatic heterocycles. The quantitative estimate of drug-likeness (QED) is 0.846. The molecule has 1 aromatic carbocycles. The molecule has 1 aromatic rings. The number of rotatable bonds is 3. The number of carbonyl (C=O) groups excluding carboxylic acids is 2. The Balaban J connectivity index is 1.29. The Morgan fingerprint density at radius 2 is 1.80 bits per heavy atom. The molecule has 5 heteroatoms. The van der Waals surface area contributed by atoms with Crippen LogP contribution in [0.4, 0.5) is 4.39 Å². The van der Waals surface area contributed by atoms with Gasteiger partial charge in [-0.2, -0.15) is 0 Å². The predicted octanol–water partition coefficient (Wildman–Crippen LogP) is 2.94. The lowest BCUT2D eigenvalue weighted by molar-refractivity contribution is -0.134. The molecule has 0 N–H and O–H groups in total. The molecule has 2 aliphatic carbocycles. The van der Waals surface area contributed by atoms with E-state index < -0.39 is 5.82 Å². The Hall–Kier alpha value is -1.91. The van der Waals surface area contributed by atoms with Crippen molar-refractivity contribution in [3.63, 3.8) is 0 Å². The van der Waals surface area contributed by atoms with Crippen LogP contribution in [0.3, 0.4) is 0 Å². The molecule has 0 radical (unpaired) electrons. The van der Waals surface area contributed by atoms with Crippen molar-refractivity contribution in [1.82, 2.24) is 9.80 Å². The molecule has 2 bridgehead atoms. The van der Waals surface area contributed by atoms with Crippen molar-refractivity contribution >= 4 is 11.8 Å². The molecule has 1 aliphatic heterocycles. The van der Waals surface area contributed by atoms with Crippen LogP contribution < -0.4 is 0 Å². The molecule has 134 valence electrons. The minimum absolute atomic E-state index is 0.153. The van der Waals surface area contributed by atoms with Crippen molar-refractivity contribution in [3.8, 4) is 0 Å². The maximum absolute atomic E-state index is 13.3. The van der Waals surface area contributed by atoms with Gasteiger partial charge in [0.25, 0.3) is 5.91 Å². The van der Waals surface area contributed by atoms with E-state index in [2.05, 4.69) is 0 Å².